The highest BCUT2D eigenvalue weighted by molar-refractivity contribution is 5.91. The summed E-state index contributed by atoms with van der Waals surface area (Å²) in [6.07, 6.45) is 1.23. The molecule has 0 saturated carbocycles. The molecule has 17 heavy (non-hydrogen) atoms. The first-order chi connectivity index (χ1) is 7.81. The van der Waals surface area contributed by atoms with Gasteiger partial charge in [0.05, 0.1) is 11.4 Å². The number of oxime groups is 1. The van der Waals surface area contributed by atoms with Crippen molar-refractivity contribution in [2.24, 2.45) is 11.1 Å². The van der Waals surface area contributed by atoms with Crippen LogP contribution >= 0.6 is 12.4 Å². The van der Waals surface area contributed by atoms with Gasteiger partial charge in [0.25, 0.3) is 0 Å². The van der Waals surface area contributed by atoms with E-state index in [4.69, 9.17) is 9.36 Å². The molecule has 2 aliphatic heterocycles. The van der Waals surface area contributed by atoms with Gasteiger partial charge in [-0.2, -0.15) is 0 Å². The molecule has 2 aliphatic rings. The fourth-order valence-corrected chi connectivity index (χ4v) is 2.37. The first-order valence-corrected chi connectivity index (χ1v) is 5.64. The predicted molar refractivity (Wildman–Crippen MR) is 65.3 cm³/mol. The molecular weight excluding hydrogens is 242 g/mol. The highest BCUT2D eigenvalue weighted by Gasteiger charge is 2.35. The Morgan fingerprint density at radius 1 is 1.65 bits per heavy atom. The summed E-state index contributed by atoms with van der Waals surface area (Å²) >= 11 is 0. The van der Waals surface area contributed by atoms with Crippen LogP contribution < -0.4 is 0 Å². The Kier molecular flexibility index (Phi) is 3.69. The summed E-state index contributed by atoms with van der Waals surface area (Å²) in [7, 11) is 0. The maximum absolute atomic E-state index is 5.30. The maximum atomic E-state index is 5.30. The Labute approximate surface area is 106 Å². The zero-order chi connectivity index (χ0) is 11.0. The van der Waals surface area contributed by atoms with Crippen LogP contribution in [0.15, 0.2) is 15.7 Å². The van der Waals surface area contributed by atoms with Gasteiger partial charge in [-0.25, -0.2) is 0 Å². The third-order valence-corrected chi connectivity index (χ3v) is 3.19. The van der Waals surface area contributed by atoms with Gasteiger partial charge in [-0.05, 0) is 19.9 Å². The van der Waals surface area contributed by atoms with Gasteiger partial charge in [0.15, 0.2) is 12.4 Å². The van der Waals surface area contributed by atoms with Crippen molar-refractivity contribution in [1.29, 1.82) is 0 Å². The smallest absolute Gasteiger partial charge is 0.177 e. The molecule has 3 rings (SSSR count). The number of fused-ring (bicyclic) bond motifs is 2. The molecule has 0 aromatic carbocycles. The molecule has 5 nitrogen and oxygen atoms in total. The minimum Gasteiger partial charge on any atom is -0.387 e. The number of aryl methyl sites for hydroxylation is 1. The predicted octanol–water partition coefficient (Wildman–Crippen LogP) is 1.61. The van der Waals surface area contributed by atoms with E-state index in [1.807, 2.05) is 13.0 Å². The molecule has 2 fully saturated rings. The lowest BCUT2D eigenvalue weighted by molar-refractivity contribution is 0.107. The van der Waals surface area contributed by atoms with Crippen molar-refractivity contribution >= 4 is 18.1 Å². The Morgan fingerprint density at radius 3 is 3.12 bits per heavy atom. The van der Waals surface area contributed by atoms with Crippen molar-refractivity contribution in [3.05, 3.63) is 17.5 Å². The van der Waals surface area contributed by atoms with Gasteiger partial charge in [-0.3, -0.25) is 4.90 Å². The first-order valence-electron chi connectivity index (χ1n) is 5.64. The molecule has 0 N–H and O–H groups in total. The minimum atomic E-state index is 0. The van der Waals surface area contributed by atoms with E-state index in [1.54, 1.807) is 0 Å². The molecule has 0 aliphatic carbocycles. The van der Waals surface area contributed by atoms with Gasteiger partial charge in [0.2, 0.25) is 0 Å². The average molecular weight is 258 g/mol. The van der Waals surface area contributed by atoms with Crippen LogP contribution in [0.5, 0.6) is 0 Å². The highest BCUT2D eigenvalue weighted by atomic mass is 35.5. The van der Waals surface area contributed by atoms with Crippen LogP contribution in [0.2, 0.25) is 0 Å². The number of piperidine rings is 1. The first kappa shape index (κ1) is 12.4. The molecule has 0 radical (unpaired) electrons. The molecule has 2 atom stereocenters. The number of hydrogen-bond acceptors (Lipinski definition) is 5. The number of rotatable bonds is 3. The second-order valence-corrected chi connectivity index (χ2v) is 4.51. The van der Waals surface area contributed by atoms with Gasteiger partial charge < -0.3 is 9.36 Å². The Balaban J connectivity index is 0.00000108. The van der Waals surface area contributed by atoms with Crippen molar-refractivity contribution in [1.82, 2.24) is 10.1 Å². The van der Waals surface area contributed by atoms with Crippen molar-refractivity contribution in [3.8, 4) is 0 Å². The maximum Gasteiger partial charge on any atom is 0.177 e. The number of hydrogen-bond donors (Lipinski definition) is 0. The van der Waals surface area contributed by atoms with Crippen LogP contribution in [0.25, 0.3) is 0 Å². The van der Waals surface area contributed by atoms with Crippen LogP contribution in [-0.4, -0.2) is 35.4 Å². The highest BCUT2D eigenvalue weighted by Crippen LogP contribution is 2.25. The van der Waals surface area contributed by atoms with E-state index in [0.29, 0.717) is 12.5 Å². The molecule has 0 amide bonds. The molecule has 2 bridgehead atoms. The Hall–Kier alpha value is -1.07. The number of halogens is 1. The van der Waals surface area contributed by atoms with Gasteiger partial charge in [-0.1, -0.05) is 10.3 Å². The van der Waals surface area contributed by atoms with E-state index in [0.717, 1.165) is 24.5 Å². The monoisotopic (exact) mass is 257 g/mol. The van der Waals surface area contributed by atoms with Crippen LogP contribution in [-0.2, 0) is 11.4 Å². The molecule has 1 aromatic rings. The van der Waals surface area contributed by atoms with E-state index in [-0.39, 0.29) is 12.4 Å². The SMILES string of the molecule is Cc1cc(CON=C2CN3CCC2C3)on1.Cl. The van der Waals surface area contributed by atoms with E-state index in [1.165, 1.54) is 18.7 Å². The van der Waals surface area contributed by atoms with Crippen LogP contribution in [0, 0.1) is 12.8 Å². The van der Waals surface area contributed by atoms with E-state index >= 15 is 0 Å². The number of nitrogens with zero attached hydrogens (tertiary/aromatic N) is 3. The third-order valence-electron chi connectivity index (χ3n) is 3.19. The fraction of sp³-hybridized carbons (Fsp3) is 0.636. The Bertz CT molecular complexity index is 419. The molecule has 2 saturated heterocycles. The standard InChI is InChI=1S/C11H15N3O2.ClH/c1-8-4-10(16-12-8)7-15-13-11-6-14-3-2-9(11)5-14;/h4,9H,2-3,5-7H2,1H3;1H. The largest absolute Gasteiger partial charge is 0.387 e. The topological polar surface area (TPSA) is 50.9 Å². The lowest BCUT2D eigenvalue weighted by Gasteiger charge is -2.12. The van der Waals surface area contributed by atoms with Crippen molar-refractivity contribution in [2.75, 3.05) is 19.6 Å². The van der Waals surface area contributed by atoms with Gasteiger partial charge in [0, 0.05) is 25.1 Å². The van der Waals surface area contributed by atoms with Crippen molar-refractivity contribution in [3.63, 3.8) is 0 Å². The van der Waals surface area contributed by atoms with E-state index in [2.05, 4.69) is 15.2 Å². The van der Waals surface area contributed by atoms with E-state index < -0.39 is 0 Å². The molecule has 0 spiro atoms. The van der Waals surface area contributed by atoms with Gasteiger partial charge >= 0.3 is 0 Å². The molecule has 3 heterocycles. The van der Waals surface area contributed by atoms with Gasteiger partial charge in [-0.15, -0.1) is 12.4 Å². The summed E-state index contributed by atoms with van der Waals surface area (Å²) in [5.74, 6) is 1.35. The summed E-state index contributed by atoms with van der Waals surface area (Å²) < 4.78 is 5.04. The molecule has 94 valence electrons. The summed E-state index contributed by atoms with van der Waals surface area (Å²) in [6.45, 7) is 5.61. The molecule has 6 heteroatoms. The molecule has 1 aromatic heterocycles. The van der Waals surface area contributed by atoms with Crippen LogP contribution in [0.1, 0.15) is 17.9 Å². The average Bonchev–Trinajstić information content (AvgIpc) is 2.94. The van der Waals surface area contributed by atoms with Crippen molar-refractivity contribution < 1.29 is 9.36 Å². The van der Waals surface area contributed by atoms with E-state index in [9.17, 15) is 0 Å². The third kappa shape index (κ3) is 2.61. The normalized spacial score (nSPS) is 28.4. The summed E-state index contributed by atoms with van der Waals surface area (Å²) in [6, 6.07) is 1.87. The summed E-state index contributed by atoms with van der Waals surface area (Å²) in [5.41, 5.74) is 2.06. The van der Waals surface area contributed by atoms with Crippen molar-refractivity contribution in [2.45, 2.75) is 20.0 Å². The molecule has 2 unspecified atom stereocenters. The number of aromatic nitrogens is 1. The second-order valence-electron chi connectivity index (χ2n) is 4.51. The quantitative estimate of drug-likeness (QED) is 0.772. The lowest BCUT2D eigenvalue weighted by Crippen LogP contribution is -2.23. The zero-order valence-electron chi connectivity index (χ0n) is 9.76. The zero-order valence-corrected chi connectivity index (χ0v) is 10.6. The van der Waals surface area contributed by atoms with Crippen LogP contribution in [0.3, 0.4) is 0 Å². The fourth-order valence-electron chi connectivity index (χ4n) is 2.37. The van der Waals surface area contributed by atoms with Gasteiger partial charge in [0.1, 0.15) is 0 Å². The second kappa shape index (κ2) is 5.06. The minimum absolute atomic E-state index is 0. The summed E-state index contributed by atoms with van der Waals surface area (Å²) in [5, 5.41) is 7.99. The summed E-state index contributed by atoms with van der Waals surface area (Å²) in [4.78, 5) is 7.71. The lowest BCUT2D eigenvalue weighted by atomic mass is 10.0. The Morgan fingerprint density at radius 2 is 2.53 bits per heavy atom. The molecular formula is C11H16ClN3O2. The van der Waals surface area contributed by atoms with Crippen LogP contribution in [0.4, 0.5) is 0 Å².